The number of nitriles is 1. The smallest absolute Gasteiger partial charge is 0.130 e. The number of hydrogen-bond donors (Lipinski definition) is 1. The van der Waals surface area contributed by atoms with Gasteiger partial charge in [-0.1, -0.05) is 18.2 Å². The Bertz CT molecular complexity index is 379. The molecule has 1 aromatic carbocycles. The summed E-state index contributed by atoms with van der Waals surface area (Å²) in [4.78, 5) is 0. The molecule has 0 bridgehead atoms. The molecule has 0 spiro atoms. The Labute approximate surface area is 81.9 Å². The zero-order valence-corrected chi connectivity index (χ0v) is 7.57. The highest BCUT2D eigenvalue weighted by Crippen LogP contribution is 2.12. The maximum absolute atomic E-state index is 13.1. The molecule has 3 heteroatoms. The van der Waals surface area contributed by atoms with E-state index in [0.29, 0.717) is 5.56 Å². The van der Waals surface area contributed by atoms with Gasteiger partial charge in [-0.25, -0.2) is 4.39 Å². The number of hydrogen-bond acceptors (Lipinski definition) is 2. The normalized spacial score (nSPS) is 10.4. The van der Waals surface area contributed by atoms with Gasteiger partial charge in [0.1, 0.15) is 5.82 Å². The molecule has 0 aromatic heterocycles. The molecule has 1 rings (SSSR count). The molecule has 72 valence electrons. The Morgan fingerprint density at radius 2 is 2.29 bits per heavy atom. The maximum atomic E-state index is 13.1. The summed E-state index contributed by atoms with van der Waals surface area (Å²) >= 11 is 0. The summed E-state index contributed by atoms with van der Waals surface area (Å²) in [5.41, 5.74) is 1.17. The van der Waals surface area contributed by atoms with Crippen molar-refractivity contribution >= 4 is 6.08 Å². The summed E-state index contributed by atoms with van der Waals surface area (Å²) in [5, 5.41) is 17.0. The topological polar surface area (TPSA) is 44.0 Å². The molecule has 0 atom stereocenters. The molecule has 0 aliphatic rings. The van der Waals surface area contributed by atoms with E-state index in [1.807, 2.05) is 6.07 Å². The van der Waals surface area contributed by atoms with E-state index in [9.17, 15) is 4.39 Å². The summed E-state index contributed by atoms with van der Waals surface area (Å²) in [6, 6.07) is 6.49. The highest BCUT2D eigenvalue weighted by molar-refractivity contribution is 5.51. The molecule has 0 heterocycles. The lowest BCUT2D eigenvalue weighted by Crippen LogP contribution is -1.87. The van der Waals surface area contributed by atoms with Gasteiger partial charge in [-0.05, 0) is 17.7 Å². The van der Waals surface area contributed by atoms with Crippen LogP contribution in [0.2, 0.25) is 0 Å². The average Bonchev–Trinajstić information content (AvgIpc) is 2.19. The number of halogens is 1. The third-order valence-electron chi connectivity index (χ3n) is 1.75. The Morgan fingerprint density at radius 1 is 1.50 bits per heavy atom. The van der Waals surface area contributed by atoms with Crippen LogP contribution in [0.5, 0.6) is 0 Å². The minimum absolute atomic E-state index is 0.123. The van der Waals surface area contributed by atoms with Crippen LogP contribution in [0, 0.1) is 17.1 Å². The third kappa shape index (κ3) is 2.68. The van der Waals surface area contributed by atoms with Crippen LogP contribution in [-0.2, 0) is 6.42 Å². The Kier molecular flexibility index (Phi) is 3.84. The van der Waals surface area contributed by atoms with Crippen molar-refractivity contribution in [2.45, 2.75) is 6.42 Å². The fourth-order valence-electron chi connectivity index (χ4n) is 1.10. The summed E-state index contributed by atoms with van der Waals surface area (Å²) in [6.07, 6.45) is 3.21. The van der Waals surface area contributed by atoms with Gasteiger partial charge in [0.2, 0.25) is 0 Å². The van der Waals surface area contributed by atoms with Crippen molar-refractivity contribution < 1.29 is 9.50 Å². The van der Waals surface area contributed by atoms with Gasteiger partial charge in [-0.15, -0.1) is 0 Å². The Morgan fingerprint density at radius 3 is 2.93 bits per heavy atom. The van der Waals surface area contributed by atoms with Crippen LogP contribution >= 0.6 is 0 Å². The highest BCUT2D eigenvalue weighted by Gasteiger charge is 1.99. The molecule has 1 aromatic rings. The van der Waals surface area contributed by atoms with Gasteiger partial charge in [-0.2, -0.15) is 5.26 Å². The zero-order valence-electron chi connectivity index (χ0n) is 7.57. The van der Waals surface area contributed by atoms with Gasteiger partial charge < -0.3 is 5.11 Å². The number of aliphatic hydroxyl groups is 1. The number of aliphatic hydroxyl groups excluding tert-OH is 1. The first-order valence-electron chi connectivity index (χ1n) is 4.20. The van der Waals surface area contributed by atoms with Crippen LogP contribution in [0.4, 0.5) is 4.39 Å². The fourth-order valence-corrected chi connectivity index (χ4v) is 1.10. The molecule has 0 saturated heterocycles. The lowest BCUT2D eigenvalue weighted by atomic mass is 10.1. The third-order valence-corrected chi connectivity index (χ3v) is 1.75. The van der Waals surface area contributed by atoms with Crippen molar-refractivity contribution in [3.63, 3.8) is 0 Å². The Hall–Kier alpha value is -1.66. The van der Waals surface area contributed by atoms with Gasteiger partial charge in [0.15, 0.2) is 0 Å². The number of rotatable bonds is 3. The van der Waals surface area contributed by atoms with Gasteiger partial charge in [-0.3, -0.25) is 0 Å². The summed E-state index contributed by atoms with van der Waals surface area (Å²) in [7, 11) is 0. The molecule has 0 unspecified atom stereocenters. The summed E-state index contributed by atoms with van der Waals surface area (Å²) in [5.74, 6) is -0.351. The molecular formula is C11H10FNO. The zero-order chi connectivity index (χ0) is 10.4. The van der Waals surface area contributed by atoms with Crippen LogP contribution in [0.15, 0.2) is 24.3 Å². The van der Waals surface area contributed by atoms with E-state index >= 15 is 0 Å². The molecule has 0 aliphatic carbocycles. The second-order valence-corrected chi connectivity index (χ2v) is 2.78. The van der Waals surface area contributed by atoms with Gasteiger partial charge in [0.25, 0.3) is 0 Å². The lowest BCUT2D eigenvalue weighted by Gasteiger charge is -1.99. The molecule has 0 aliphatic heterocycles. The predicted molar refractivity (Wildman–Crippen MR) is 51.8 cm³/mol. The van der Waals surface area contributed by atoms with Gasteiger partial charge >= 0.3 is 0 Å². The van der Waals surface area contributed by atoms with Gasteiger partial charge in [0.05, 0.1) is 19.1 Å². The van der Waals surface area contributed by atoms with Crippen LogP contribution in [0.25, 0.3) is 6.08 Å². The quantitative estimate of drug-likeness (QED) is 0.792. The van der Waals surface area contributed by atoms with Crippen molar-refractivity contribution in [2.75, 3.05) is 6.61 Å². The van der Waals surface area contributed by atoms with Gasteiger partial charge in [0, 0.05) is 5.56 Å². The summed E-state index contributed by atoms with van der Waals surface area (Å²) in [6.45, 7) is -0.123. The van der Waals surface area contributed by atoms with Crippen molar-refractivity contribution in [3.8, 4) is 6.07 Å². The molecule has 1 N–H and O–H groups in total. The molecular weight excluding hydrogens is 181 g/mol. The monoisotopic (exact) mass is 191 g/mol. The van der Waals surface area contributed by atoms with Crippen LogP contribution < -0.4 is 0 Å². The first-order chi connectivity index (χ1) is 6.77. The van der Waals surface area contributed by atoms with Crippen LogP contribution in [0.3, 0.4) is 0 Å². The van der Waals surface area contributed by atoms with Crippen LogP contribution in [-0.4, -0.2) is 11.7 Å². The minimum Gasteiger partial charge on any atom is -0.392 e. The molecule has 14 heavy (non-hydrogen) atoms. The SMILES string of the molecule is N#CCc1ccc(F)c(C=CCO)c1. The first kappa shape index (κ1) is 10.4. The number of nitrogens with zero attached hydrogens (tertiary/aromatic N) is 1. The maximum Gasteiger partial charge on any atom is 0.130 e. The van der Waals surface area contributed by atoms with Crippen molar-refractivity contribution in [3.05, 3.63) is 41.2 Å². The van der Waals surface area contributed by atoms with Crippen molar-refractivity contribution in [2.24, 2.45) is 0 Å². The predicted octanol–water partition coefficient (Wildman–Crippen LogP) is 1.90. The van der Waals surface area contributed by atoms with Crippen molar-refractivity contribution in [1.29, 1.82) is 5.26 Å². The van der Waals surface area contributed by atoms with E-state index in [0.717, 1.165) is 5.56 Å². The standard InChI is InChI=1S/C11H10FNO/c12-11-4-3-9(5-6-13)8-10(11)2-1-7-14/h1-4,8,14H,5,7H2. The molecule has 0 saturated carbocycles. The highest BCUT2D eigenvalue weighted by atomic mass is 19.1. The number of benzene rings is 1. The lowest BCUT2D eigenvalue weighted by molar-refractivity contribution is 0.343. The second kappa shape index (κ2) is 5.15. The molecule has 0 radical (unpaired) electrons. The minimum atomic E-state index is -0.351. The van der Waals surface area contributed by atoms with Crippen molar-refractivity contribution in [1.82, 2.24) is 0 Å². The van der Waals surface area contributed by atoms with E-state index in [2.05, 4.69) is 0 Å². The van der Waals surface area contributed by atoms with E-state index in [-0.39, 0.29) is 18.8 Å². The van der Waals surface area contributed by atoms with E-state index < -0.39 is 0 Å². The van der Waals surface area contributed by atoms with E-state index in [4.69, 9.17) is 10.4 Å². The molecule has 0 amide bonds. The molecule has 2 nitrogen and oxygen atoms in total. The van der Waals surface area contributed by atoms with E-state index in [1.165, 1.54) is 18.2 Å². The average molecular weight is 191 g/mol. The van der Waals surface area contributed by atoms with E-state index in [1.54, 1.807) is 12.1 Å². The Balaban J connectivity index is 2.97. The first-order valence-corrected chi connectivity index (χ1v) is 4.20. The fraction of sp³-hybridized carbons (Fsp3) is 0.182. The van der Waals surface area contributed by atoms with Crippen LogP contribution in [0.1, 0.15) is 11.1 Å². The largest absolute Gasteiger partial charge is 0.392 e. The summed E-state index contributed by atoms with van der Waals surface area (Å²) < 4.78 is 13.1. The molecule has 0 fully saturated rings. The second-order valence-electron chi connectivity index (χ2n) is 2.78.